The second kappa shape index (κ2) is 7.31. The Labute approximate surface area is 122 Å². The molecule has 1 fully saturated rings. The maximum atomic E-state index is 6.30. The summed E-state index contributed by atoms with van der Waals surface area (Å²) in [5, 5.41) is 4.64. The van der Waals surface area contributed by atoms with Crippen LogP contribution in [0.15, 0.2) is 18.2 Å². The largest absolute Gasteiger partial charge is 0.310 e. The molecule has 1 aliphatic carbocycles. The highest BCUT2D eigenvalue weighted by Gasteiger charge is 2.24. The van der Waals surface area contributed by atoms with Gasteiger partial charge in [0.05, 0.1) is 0 Å². The Morgan fingerprint density at radius 3 is 2.63 bits per heavy atom. The summed E-state index contributed by atoms with van der Waals surface area (Å²) in [5.74, 6) is 0.777. The Bertz CT molecular complexity index is 396. The minimum atomic E-state index is 0.485. The van der Waals surface area contributed by atoms with Crippen molar-refractivity contribution < 1.29 is 0 Å². The first kappa shape index (κ1) is 14.9. The lowest BCUT2D eigenvalue weighted by Crippen LogP contribution is -2.30. The monoisotopic (exact) mass is 279 g/mol. The Morgan fingerprint density at radius 1 is 1.26 bits per heavy atom. The van der Waals surface area contributed by atoms with E-state index in [1.807, 2.05) is 0 Å². The number of hydrogen-bond donors (Lipinski definition) is 1. The number of halogens is 1. The second-order valence-electron chi connectivity index (χ2n) is 5.84. The van der Waals surface area contributed by atoms with Gasteiger partial charge in [0.25, 0.3) is 0 Å². The highest BCUT2D eigenvalue weighted by atomic mass is 35.5. The topological polar surface area (TPSA) is 12.0 Å². The molecule has 0 saturated heterocycles. The molecule has 19 heavy (non-hydrogen) atoms. The lowest BCUT2D eigenvalue weighted by atomic mass is 9.81. The van der Waals surface area contributed by atoms with Gasteiger partial charge in [-0.1, -0.05) is 49.9 Å². The van der Waals surface area contributed by atoms with E-state index < -0.39 is 0 Å². The fourth-order valence-corrected chi connectivity index (χ4v) is 3.32. The van der Waals surface area contributed by atoms with E-state index in [0.29, 0.717) is 6.04 Å². The lowest BCUT2D eigenvalue weighted by Gasteiger charge is -2.31. The number of benzene rings is 1. The van der Waals surface area contributed by atoms with E-state index >= 15 is 0 Å². The van der Waals surface area contributed by atoms with Gasteiger partial charge in [-0.15, -0.1) is 0 Å². The van der Waals surface area contributed by atoms with Crippen LogP contribution in [0.3, 0.4) is 0 Å². The van der Waals surface area contributed by atoms with Gasteiger partial charge in [0.1, 0.15) is 0 Å². The smallest absolute Gasteiger partial charge is 0.0438 e. The molecular formula is C17H26ClN. The van der Waals surface area contributed by atoms with Gasteiger partial charge in [0.2, 0.25) is 0 Å². The Kier molecular flexibility index (Phi) is 5.72. The summed E-state index contributed by atoms with van der Waals surface area (Å²) in [6, 6.07) is 7.06. The van der Waals surface area contributed by atoms with Gasteiger partial charge in [0.15, 0.2) is 0 Å². The number of hydrogen-bond acceptors (Lipinski definition) is 1. The van der Waals surface area contributed by atoms with Crippen molar-refractivity contribution in [2.75, 3.05) is 6.54 Å². The summed E-state index contributed by atoms with van der Waals surface area (Å²) < 4.78 is 0. The van der Waals surface area contributed by atoms with E-state index in [1.165, 1.54) is 49.7 Å². The Balaban J connectivity index is 2.17. The van der Waals surface area contributed by atoms with Crippen molar-refractivity contribution >= 4 is 11.6 Å². The summed E-state index contributed by atoms with van der Waals surface area (Å²) in [6.45, 7) is 5.39. The van der Waals surface area contributed by atoms with Gasteiger partial charge in [-0.3, -0.25) is 0 Å². The highest BCUT2D eigenvalue weighted by Crippen LogP contribution is 2.35. The average molecular weight is 280 g/mol. The van der Waals surface area contributed by atoms with Crippen LogP contribution in [0.5, 0.6) is 0 Å². The third-order valence-electron chi connectivity index (χ3n) is 4.29. The van der Waals surface area contributed by atoms with Crippen LogP contribution in [-0.4, -0.2) is 6.54 Å². The molecule has 2 heteroatoms. The lowest BCUT2D eigenvalue weighted by molar-refractivity contribution is 0.272. The van der Waals surface area contributed by atoms with Crippen molar-refractivity contribution in [1.29, 1.82) is 0 Å². The van der Waals surface area contributed by atoms with Gasteiger partial charge in [-0.05, 0) is 55.8 Å². The van der Waals surface area contributed by atoms with Crippen molar-refractivity contribution in [2.45, 2.75) is 58.4 Å². The van der Waals surface area contributed by atoms with Gasteiger partial charge >= 0.3 is 0 Å². The molecule has 0 heterocycles. The van der Waals surface area contributed by atoms with Crippen molar-refractivity contribution in [3.8, 4) is 0 Å². The molecular weight excluding hydrogens is 254 g/mol. The molecule has 1 aliphatic rings. The molecule has 0 aromatic heterocycles. The van der Waals surface area contributed by atoms with E-state index in [4.69, 9.17) is 11.6 Å². The van der Waals surface area contributed by atoms with Crippen LogP contribution in [-0.2, 0) is 0 Å². The van der Waals surface area contributed by atoms with Gasteiger partial charge in [-0.2, -0.15) is 0 Å². The SMILES string of the molecule is CCCNC(c1ccc(C)c(Cl)c1)C1CCCCC1. The number of rotatable bonds is 5. The van der Waals surface area contributed by atoms with Crippen molar-refractivity contribution in [3.05, 3.63) is 34.3 Å². The molecule has 2 rings (SSSR count). The standard InChI is InChI=1S/C17H26ClN/c1-3-11-19-17(14-7-5-4-6-8-14)15-10-9-13(2)16(18)12-15/h9-10,12,14,17,19H,3-8,11H2,1-2H3. The second-order valence-corrected chi connectivity index (χ2v) is 6.25. The van der Waals surface area contributed by atoms with Crippen molar-refractivity contribution in [1.82, 2.24) is 5.32 Å². The van der Waals surface area contributed by atoms with Crippen LogP contribution in [0.2, 0.25) is 5.02 Å². The minimum Gasteiger partial charge on any atom is -0.310 e. The van der Waals surface area contributed by atoms with Crippen LogP contribution in [0.4, 0.5) is 0 Å². The molecule has 1 nitrogen and oxygen atoms in total. The Morgan fingerprint density at radius 2 is 2.00 bits per heavy atom. The summed E-state index contributed by atoms with van der Waals surface area (Å²) in [7, 11) is 0. The van der Waals surface area contributed by atoms with E-state index in [-0.39, 0.29) is 0 Å². The van der Waals surface area contributed by atoms with Gasteiger partial charge in [-0.25, -0.2) is 0 Å². The van der Waals surface area contributed by atoms with Gasteiger partial charge < -0.3 is 5.32 Å². The summed E-state index contributed by atoms with van der Waals surface area (Å²) in [5.41, 5.74) is 2.54. The van der Waals surface area contributed by atoms with E-state index in [1.54, 1.807) is 0 Å². The first-order valence-electron chi connectivity index (χ1n) is 7.71. The molecule has 0 spiro atoms. The van der Waals surface area contributed by atoms with Crippen molar-refractivity contribution in [3.63, 3.8) is 0 Å². The maximum absolute atomic E-state index is 6.30. The van der Waals surface area contributed by atoms with E-state index in [2.05, 4.69) is 37.4 Å². The first-order chi connectivity index (χ1) is 9.22. The third kappa shape index (κ3) is 3.97. The van der Waals surface area contributed by atoms with Crippen LogP contribution < -0.4 is 5.32 Å². The summed E-state index contributed by atoms with van der Waals surface area (Å²) in [6.07, 6.45) is 8.07. The third-order valence-corrected chi connectivity index (χ3v) is 4.70. The first-order valence-corrected chi connectivity index (χ1v) is 8.09. The van der Waals surface area contributed by atoms with Crippen LogP contribution >= 0.6 is 11.6 Å². The number of nitrogens with one attached hydrogen (secondary N) is 1. The maximum Gasteiger partial charge on any atom is 0.0438 e. The van der Waals surface area contributed by atoms with E-state index in [0.717, 1.165) is 17.5 Å². The predicted molar refractivity (Wildman–Crippen MR) is 83.8 cm³/mol. The molecule has 1 saturated carbocycles. The zero-order valence-corrected chi connectivity index (χ0v) is 13.0. The fourth-order valence-electron chi connectivity index (χ4n) is 3.13. The van der Waals surface area contributed by atoms with Gasteiger partial charge in [0, 0.05) is 11.1 Å². The fraction of sp³-hybridized carbons (Fsp3) is 0.647. The van der Waals surface area contributed by atoms with E-state index in [9.17, 15) is 0 Å². The zero-order valence-electron chi connectivity index (χ0n) is 12.2. The number of aryl methyl sites for hydroxylation is 1. The predicted octanol–water partition coefficient (Wildman–Crippen LogP) is 5.27. The molecule has 106 valence electrons. The molecule has 1 aromatic carbocycles. The quantitative estimate of drug-likeness (QED) is 0.774. The average Bonchev–Trinajstić information content (AvgIpc) is 2.44. The van der Waals surface area contributed by atoms with Crippen LogP contribution in [0.25, 0.3) is 0 Å². The summed E-state index contributed by atoms with van der Waals surface area (Å²) in [4.78, 5) is 0. The minimum absolute atomic E-state index is 0.485. The summed E-state index contributed by atoms with van der Waals surface area (Å²) >= 11 is 6.30. The molecule has 1 aromatic rings. The zero-order chi connectivity index (χ0) is 13.7. The van der Waals surface area contributed by atoms with Crippen LogP contribution in [0.1, 0.15) is 62.6 Å². The molecule has 0 radical (unpaired) electrons. The highest BCUT2D eigenvalue weighted by molar-refractivity contribution is 6.31. The normalized spacial score (nSPS) is 18.5. The van der Waals surface area contributed by atoms with Crippen LogP contribution in [0, 0.1) is 12.8 Å². The molecule has 0 aliphatic heterocycles. The Hall–Kier alpha value is -0.530. The molecule has 1 atom stereocenters. The molecule has 0 bridgehead atoms. The van der Waals surface area contributed by atoms with Crippen molar-refractivity contribution in [2.24, 2.45) is 5.92 Å². The molecule has 1 unspecified atom stereocenters. The molecule has 1 N–H and O–H groups in total. The molecule has 0 amide bonds.